The Bertz CT molecular complexity index is 440. The number of hydrogen-bond acceptors (Lipinski definition) is 3. The van der Waals surface area contributed by atoms with Crippen molar-refractivity contribution in [1.29, 1.82) is 0 Å². The van der Waals surface area contributed by atoms with Crippen LogP contribution in [0.1, 0.15) is 0 Å². The normalized spacial score (nSPS) is 9.54. The van der Waals surface area contributed by atoms with Crippen molar-refractivity contribution in [3.63, 3.8) is 0 Å². The molecule has 0 saturated heterocycles. The molecule has 1 heterocycles. The molecule has 2 aromatic rings. The molecule has 0 aliphatic rings. The second kappa shape index (κ2) is 3.69. The Morgan fingerprint density at radius 3 is 2.92 bits per heavy atom. The minimum absolute atomic E-state index is 0. The van der Waals surface area contributed by atoms with Crippen LogP contribution < -0.4 is 0 Å². The summed E-state index contributed by atoms with van der Waals surface area (Å²) >= 11 is 0. The molecule has 0 saturated carbocycles. The summed E-state index contributed by atoms with van der Waals surface area (Å²) < 4.78 is 0. The van der Waals surface area contributed by atoms with Crippen LogP contribution in [-0.2, 0) is 22.4 Å². The largest absolute Gasteiger partial charge is 0.344 e. The van der Waals surface area contributed by atoms with E-state index in [-0.39, 0.29) is 28.1 Å². The number of non-ortho nitro benzene ring substituents is 1. The third-order valence-electron chi connectivity index (χ3n) is 1.61. The zero-order valence-electron chi connectivity index (χ0n) is 6.32. The number of benzene rings is 1. The topological polar surface area (TPSA) is 71.8 Å². The van der Waals surface area contributed by atoms with Crippen molar-refractivity contribution in [3.05, 3.63) is 34.6 Å². The summed E-state index contributed by atoms with van der Waals surface area (Å²) in [5, 5.41) is 10.3. The van der Waals surface area contributed by atoms with Gasteiger partial charge >= 0.3 is 0 Å². The number of imidazole rings is 1. The summed E-state index contributed by atoms with van der Waals surface area (Å²) in [7, 11) is 0. The zero-order valence-corrected chi connectivity index (χ0v) is 7.80. The quantitative estimate of drug-likeness (QED) is 0.485. The van der Waals surface area contributed by atoms with Crippen LogP contribution in [0.3, 0.4) is 0 Å². The maximum Gasteiger partial charge on any atom is 0.271 e. The molecule has 0 fully saturated rings. The first-order valence-electron chi connectivity index (χ1n) is 3.35. The van der Waals surface area contributed by atoms with E-state index in [9.17, 15) is 10.1 Å². The molecule has 0 atom stereocenters. The molecule has 0 unspecified atom stereocenters. The third-order valence-corrected chi connectivity index (χ3v) is 1.61. The molecule has 2 rings (SSSR count). The van der Waals surface area contributed by atoms with Gasteiger partial charge in [-0.1, -0.05) is 0 Å². The number of nitro groups is 1. The standard InChI is InChI=1S/C7H5N3O2.Ag/c11-10(12)5-1-2-6-7(3-5)9-4-8-6;/h1-4H,(H,8,9);. The number of nitro benzene ring substituents is 1. The molecule has 13 heavy (non-hydrogen) atoms. The van der Waals surface area contributed by atoms with Gasteiger partial charge in [-0.15, -0.1) is 0 Å². The number of nitrogens with zero attached hydrogens (tertiary/aromatic N) is 2. The molecule has 0 aliphatic carbocycles. The molecule has 0 aliphatic heterocycles. The first kappa shape index (κ1) is 9.91. The van der Waals surface area contributed by atoms with E-state index in [1.165, 1.54) is 18.5 Å². The Kier molecular flexibility index (Phi) is 2.82. The second-order valence-electron chi connectivity index (χ2n) is 2.36. The molecule has 71 valence electrons. The Balaban J connectivity index is 0.000000845. The molecule has 0 bridgehead atoms. The van der Waals surface area contributed by atoms with Crippen molar-refractivity contribution in [3.8, 4) is 0 Å². The van der Waals surface area contributed by atoms with E-state index in [1.54, 1.807) is 6.07 Å². The van der Waals surface area contributed by atoms with Gasteiger partial charge in [-0.3, -0.25) is 10.1 Å². The van der Waals surface area contributed by atoms with Gasteiger partial charge in [-0.25, -0.2) is 4.98 Å². The third kappa shape index (κ3) is 1.77. The van der Waals surface area contributed by atoms with Gasteiger partial charge in [0.2, 0.25) is 0 Å². The average molecular weight is 271 g/mol. The predicted octanol–water partition coefficient (Wildman–Crippen LogP) is 1.47. The fourth-order valence-corrected chi connectivity index (χ4v) is 1.04. The molecule has 0 amide bonds. The summed E-state index contributed by atoms with van der Waals surface area (Å²) in [6, 6.07) is 4.51. The maximum absolute atomic E-state index is 10.3. The number of aromatic nitrogens is 2. The number of aromatic amines is 1. The monoisotopic (exact) mass is 270 g/mol. The molecule has 0 spiro atoms. The number of H-pyrrole nitrogens is 1. The van der Waals surface area contributed by atoms with Gasteiger partial charge in [0.25, 0.3) is 5.69 Å². The van der Waals surface area contributed by atoms with Crippen molar-refractivity contribution in [1.82, 2.24) is 9.97 Å². The van der Waals surface area contributed by atoms with Crippen LogP contribution >= 0.6 is 0 Å². The van der Waals surface area contributed by atoms with Crippen LogP contribution in [0.4, 0.5) is 5.69 Å². The molecule has 1 radical (unpaired) electrons. The maximum atomic E-state index is 10.3. The number of hydrogen-bond donors (Lipinski definition) is 1. The fourth-order valence-electron chi connectivity index (χ4n) is 1.04. The average Bonchev–Trinajstić information content (AvgIpc) is 2.49. The zero-order chi connectivity index (χ0) is 8.55. The van der Waals surface area contributed by atoms with E-state index in [2.05, 4.69) is 9.97 Å². The van der Waals surface area contributed by atoms with Gasteiger partial charge in [-0.05, 0) is 6.07 Å². The molecule has 1 aromatic carbocycles. The second-order valence-corrected chi connectivity index (χ2v) is 2.36. The minimum atomic E-state index is -0.430. The molecule has 1 N–H and O–H groups in total. The van der Waals surface area contributed by atoms with Gasteiger partial charge in [-0.2, -0.15) is 0 Å². The van der Waals surface area contributed by atoms with Crippen LogP contribution in [0, 0.1) is 10.1 Å². The minimum Gasteiger partial charge on any atom is -0.344 e. The van der Waals surface area contributed by atoms with Crippen LogP contribution in [0.2, 0.25) is 0 Å². The van der Waals surface area contributed by atoms with Gasteiger partial charge in [0.1, 0.15) is 0 Å². The first-order chi connectivity index (χ1) is 5.77. The number of nitrogens with one attached hydrogen (secondary N) is 1. The van der Waals surface area contributed by atoms with Gasteiger partial charge < -0.3 is 4.98 Å². The van der Waals surface area contributed by atoms with E-state index >= 15 is 0 Å². The van der Waals surface area contributed by atoms with E-state index in [1.807, 2.05) is 0 Å². The van der Waals surface area contributed by atoms with Crippen LogP contribution in [0.15, 0.2) is 24.5 Å². The summed E-state index contributed by atoms with van der Waals surface area (Å²) in [5.74, 6) is 0. The van der Waals surface area contributed by atoms with Crippen molar-refractivity contribution in [2.45, 2.75) is 0 Å². The summed E-state index contributed by atoms with van der Waals surface area (Å²) in [4.78, 5) is 16.6. The van der Waals surface area contributed by atoms with Crippen molar-refractivity contribution in [2.24, 2.45) is 0 Å². The number of rotatable bonds is 1. The van der Waals surface area contributed by atoms with E-state index < -0.39 is 4.92 Å². The van der Waals surface area contributed by atoms with E-state index in [0.717, 1.165) is 5.52 Å². The van der Waals surface area contributed by atoms with Gasteiger partial charge in [0, 0.05) is 34.5 Å². The Morgan fingerprint density at radius 1 is 1.46 bits per heavy atom. The molecule has 5 nitrogen and oxygen atoms in total. The molecule has 1 aromatic heterocycles. The summed E-state index contributed by atoms with van der Waals surface area (Å²) in [5.41, 5.74) is 1.50. The SMILES string of the molecule is O=[N+]([O-])c1ccc2nc[nH]c2c1.[Ag]. The van der Waals surface area contributed by atoms with Crippen LogP contribution in [0.5, 0.6) is 0 Å². The van der Waals surface area contributed by atoms with E-state index in [0.29, 0.717) is 5.52 Å². The fraction of sp³-hybridized carbons (Fsp3) is 0. The van der Waals surface area contributed by atoms with E-state index in [4.69, 9.17) is 0 Å². The van der Waals surface area contributed by atoms with Gasteiger partial charge in [0.05, 0.1) is 22.3 Å². The smallest absolute Gasteiger partial charge is 0.271 e. The Hall–Kier alpha value is -1.17. The first-order valence-corrected chi connectivity index (χ1v) is 3.35. The van der Waals surface area contributed by atoms with Crippen molar-refractivity contribution in [2.75, 3.05) is 0 Å². The predicted molar refractivity (Wildman–Crippen MR) is 42.7 cm³/mol. The Labute approximate surface area is 88.8 Å². The number of fused-ring (bicyclic) bond motifs is 1. The van der Waals surface area contributed by atoms with Crippen LogP contribution in [0.25, 0.3) is 11.0 Å². The molecule has 6 heteroatoms. The molecular formula is C7H5AgN3O2. The van der Waals surface area contributed by atoms with Gasteiger partial charge in [0.15, 0.2) is 0 Å². The summed E-state index contributed by atoms with van der Waals surface area (Å²) in [6.45, 7) is 0. The molecular weight excluding hydrogens is 266 g/mol. The van der Waals surface area contributed by atoms with Crippen molar-refractivity contribution >= 4 is 16.7 Å². The van der Waals surface area contributed by atoms with Crippen molar-refractivity contribution < 1.29 is 27.3 Å². The Morgan fingerprint density at radius 2 is 2.23 bits per heavy atom. The summed E-state index contributed by atoms with van der Waals surface area (Å²) in [6.07, 6.45) is 1.51. The van der Waals surface area contributed by atoms with Crippen LogP contribution in [-0.4, -0.2) is 14.9 Å².